The third kappa shape index (κ3) is 3.71. The van der Waals surface area contributed by atoms with Crippen LogP contribution in [0.4, 0.5) is 11.9 Å². The van der Waals surface area contributed by atoms with Crippen LogP contribution >= 0.6 is 23.2 Å². The second kappa shape index (κ2) is 6.20. The van der Waals surface area contributed by atoms with Gasteiger partial charge < -0.3 is 10.2 Å². The van der Waals surface area contributed by atoms with E-state index in [-0.39, 0.29) is 5.28 Å². The zero-order chi connectivity index (χ0) is 13.0. The highest BCUT2D eigenvalue weighted by Gasteiger charge is 2.15. The molecule has 2 rings (SSSR count). The van der Waals surface area contributed by atoms with Crippen molar-refractivity contribution in [3.05, 3.63) is 16.9 Å². The van der Waals surface area contributed by atoms with Crippen molar-refractivity contribution >= 4 is 35.1 Å². The zero-order valence-corrected chi connectivity index (χ0v) is 11.5. The maximum absolute atomic E-state index is 5.90. The second-order valence-corrected chi connectivity index (χ2v) is 5.02. The van der Waals surface area contributed by atoms with Crippen molar-refractivity contribution in [3.63, 3.8) is 0 Å². The first kappa shape index (κ1) is 13.4. The van der Waals surface area contributed by atoms with Gasteiger partial charge in [0.25, 0.3) is 0 Å². The Morgan fingerprint density at radius 3 is 2.61 bits per heavy atom. The molecule has 0 radical (unpaired) electrons. The lowest BCUT2D eigenvalue weighted by Crippen LogP contribution is -2.31. The predicted molar refractivity (Wildman–Crippen MR) is 74.4 cm³/mol. The Morgan fingerprint density at radius 1 is 1.22 bits per heavy atom. The molecule has 0 spiro atoms. The van der Waals surface area contributed by atoms with Crippen molar-refractivity contribution in [3.8, 4) is 0 Å². The Labute approximate surface area is 116 Å². The summed E-state index contributed by atoms with van der Waals surface area (Å²) < 4.78 is 0. The molecule has 1 aromatic rings. The monoisotopic (exact) mass is 287 g/mol. The van der Waals surface area contributed by atoms with Crippen LogP contribution in [0.1, 0.15) is 19.3 Å². The van der Waals surface area contributed by atoms with Crippen molar-refractivity contribution in [1.29, 1.82) is 0 Å². The molecule has 1 saturated heterocycles. The van der Waals surface area contributed by atoms with Gasteiger partial charge in [-0.3, -0.25) is 0 Å². The van der Waals surface area contributed by atoms with E-state index in [0.717, 1.165) is 25.9 Å². The van der Waals surface area contributed by atoms with E-state index < -0.39 is 0 Å². The number of nitrogens with one attached hydrogen (secondary N) is 1. The Hall–Kier alpha value is -1.07. The van der Waals surface area contributed by atoms with Crippen molar-refractivity contribution in [2.75, 3.05) is 29.9 Å². The van der Waals surface area contributed by atoms with Gasteiger partial charge in [0.05, 0.1) is 6.54 Å². The minimum Gasteiger partial charge on any atom is -0.349 e. The van der Waals surface area contributed by atoms with Gasteiger partial charge in [0.15, 0.2) is 0 Å². The summed E-state index contributed by atoms with van der Waals surface area (Å²) in [6, 6.07) is 0. The van der Waals surface area contributed by atoms with Gasteiger partial charge in [-0.05, 0) is 30.9 Å². The molecular formula is C11H15Cl2N5. The van der Waals surface area contributed by atoms with Crippen molar-refractivity contribution in [2.24, 2.45) is 0 Å². The summed E-state index contributed by atoms with van der Waals surface area (Å²) in [5.41, 5.74) is 0. The predicted octanol–water partition coefficient (Wildman–Crippen LogP) is 2.68. The lowest BCUT2D eigenvalue weighted by atomic mass is 10.1. The molecule has 0 saturated carbocycles. The van der Waals surface area contributed by atoms with E-state index >= 15 is 0 Å². The lowest BCUT2D eigenvalue weighted by molar-refractivity contribution is 0.567. The summed E-state index contributed by atoms with van der Waals surface area (Å²) in [5.74, 6) is 1.05. The summed E-state index contributed by atoms with van der Waals surface area (Å²) in [5, 5.41) is 3.64. The molecule has 0 atom stereocenters. The molecule has 7 heteroatoms. The first-order valence-corrected chi connectivity index (χ1v) is 6.64. The molecule has 0 aromatic carbocycles. The molecule has 18 heavy (non-hydrogen) atoms. The molecule has 1 N–H and O–H groups in total. The number of aromatic nitrogens is 3. The normalized spacial score (nSPS) is 15.6. The second-order valence-electron chi connectivity index (χ2n) is 4.15. The lowest BCUT2D eigenvalue weighted by Gasteiger charge is -2.26. The van der Waals surface area contributed by atoms with Crippen molar-refractivity contribution in [1.82, 2.24) is 15.0 Å². The number of rotatable bonds is 4. The smallest absolute Gasteiger partial charge is 0.231 e. The molecule has 1 aromatic heterocycles. The van der Waals surface area contributed by atoms with Crippen LogP contribution in [-0.2, 0) is 0 Å². The summed E-state index contributed by atoms with van der Waals surface area (Å²) in [4.78, 5) is 14.6. The molecular weight excluding hydrogens is 273 g/mol. The van der Waals surface area contributed by atoms with Crippen LogP contribution in [0.25, 0.3) is 0 Å². The van der Waals surface area contributed by atoms with E-state index in [2.05, 4.69) is 31.7 Å². The Morgan fingerprint density at radius 2 is 1.94 bits per heavy atom. The van der Waals surface area contributed by atoms with Gasteiger partial charge in [0, 0.05) is 18.1 Å². The third-order valence-electron chi connectivity index (χ3n) is 2.67. The van der Waals surface area contributed by atoms with E-state index in [0.29, 0.717) is 23.5 Å². The van der Waals surface area contributed by atoms with Gasteiger partial charge in [-0.1, -0.05) is 18.2 Å². The van der Waals surface area contributed by atoms with Crippen LogP contribution < -0.4 is 10.2 Å². The molecule has 1 aliphatic heterocycles. The highest BCUT2D eigenvalue weighted by atomic mass is 35.5. The van der Waals surface area contributed by atoms with Gasteiger partial charge >= 0.3 is 0 Å². The summed E-state index contributed by atoms with van der Waals surface area (Å²) >= 11 is 11.6. The van der Waals surface area contributed by atoms with Gasteiger partial charge in [0.1, 0.15) is 0 Å². The molecule has 0 aliphatic carbocycles. The van der Waals surface area contributed by atoms with Gasteiger partial charge in [-0.15, -0.1) is 0 Å². The summed E-state index contributed by atoms with van der Waals surface area (Å²) in [6.07, 6.45) is 3.57. The highest BCUT2D eigenvalue weighted by Crippen LogP contribution is 2.18. The largest absolute Gasteiger partial charge is 0.349 e. The van der Waals surface area contributed by atoms with Gasteiger partial charge in [-0.2, -0.15) is 15.0 Å². The topological polar surface area (TPSA) is 53.9 Å². The Bertz CT molecular complexity index is 431. The van der Waals surface area contributed by atoms with Crippen LogP contribution in [-0.4, -0.2) is 34.6 Å². The van der Waals surface area contributed by atoms with E-state index in [4.69, 9.17) is 23.2 Å². The first-order chi connectivity index (χ1) is 8.65. The number of anilines is 2. The van der Waals surface area contributed by atoms with E-state index in [9.17, 15) is 0 Å². The van der Waals surface area contributed by atoms with Crippen molar-refractivity contribution < 1.29 is 0 Å². The van der Waals surface area contributed by atoms with E-state index in [1.807, 2.05) is 0 Å². The van der Waals surface area contributed by atoms with Crippen LogP contribution in [0.2, 0.25) is 5.28 Å². The zero-order valence-electron chi connectivity index (χ0n) is 9.99. The van der Waals surface area contributed by atoms with Crippen molar-refractivity contribution in [2.45, 2.75) is 19.3 Å². The molecule has 1 fully saturated rings. The van der Waals surface area contributed by atoms with Crippen LogP contribution in [0, 0.1) is 0 Å². The number of piperidine rings is 1. The molecule has 0 bridgehead atoms. The molecule has 5 nitrogen and oxygen atoms in total. The van der Waals surface area contributed by atoms with Crippen LogP contribution in [0.3, 0.4) is 0 Å². The Kier molecular flexibility index (Phi) is 4.60. The van der Waals surface area contributed by atoms with Crippen LogP contribution in [0.5, 0.6) is 0 Å². The number of halogens is 2. The summed E-state index contributed by atoms with van der Waals surface area (Å²) in [6.45, 7) is 5.92. The molecule has 98 valence electrons. The Balaban J connectivity index is 2.12. The molecule has 2 heterocycles. The fourth-order valence-electron chi connectivity index (χ4n) is 1.83. The number of nitrogens with zero attached hydrogens (tertiary/aromatic N) is 4. The van der Waals surface area contributed by atoms with Gasteiger partial charge in [0.2, 0.25) is 17.2 Å². The van der Waals surface area contributed by atoms with E-state index in [1.165, 1.54) is 6.42 Å². The molecule has 1 aliphatic rings. The third-order valence-corrected chi connectivity index (χ3v) is 2.98. The number of hydrogen-bond acceptors (Lipinski definition) is 5. The maximum Gasteiger partial charge on any atom is 0.231 e. The quantitative estimate of drug-likeness (QED) is 0.923. The minimum absolute atomic E-state index is 0.188. The van der Waals surface area contributed by atoms with Crippen LogP contribution in [0.15, 0.2) is 11.6 Å². The molecule has 0 amide bonds. The van der Waals surface area contributed by atoms with Gasteiger partial charge in [-0.25, -0.2) is 0 Å². The SMILES string of the molecule is C=C(Cl)CNc1nc(Cl)nc(N2CCCCC2)n1. The maximum atomic E-state index is 5.90. The average molecular weight is 288 g/mol. The fraction of sp³-hybridized carbons (Fsp3) is 0.545. The van der Waals surface area contributed by atoms with E-state index in [1.54, 1.807) is 0 Å². The average Bonchev–Trinajstić information content (AvgIpc) is 2.37. The first-order valence-electron chi connectivity index (χ1n) is 5.89. The number of hydrogen-bond donors (Lipinski definition) is 1. The fourth-order valence-corrected chi connectivity index (χ4v) is 2.05. The minimum atomic E-state index is 0.188. The standard InChI is InChI=1S/C11H15Cl2N5/c1-8(12)7-14-10-15-9(13)16-11(17-10)18-5-3-2-4-6-18/h1-7H2,(H,14,15,16,17). The highest BCUT2D eigenvalue weighted by molar-refractivity contribution is 6.29. The molecule has 0 unspecified atom stereocenters. The summed E-state index contributed by atoms with van der Waals surface area (Å²) in [7, 11) is 0.